The summed E-state index contributed by atoms with van der Waals surface area (Å²) in [6.45, 7) is 3.87. The minimum Gasteiger partial charge on any atom is -0.447 e. The van der Waals surface area contributed by atoms with Crippen LogP contribution in [0.1, 0.15) is 41.4 Å². The standard InChI is InChI=1S/C23H25FN6O3/c1-15(2)30-14-25-28-21(30)19-4-3-5-20(26-19)27-22(31)17-7-6-16-8-10-29(13-18(16)12-17)23(32)33-11-9-24/h3-7,12,14-15H,8-11,13H2,1-2H3,(H,26,27,31). The molecule has 0 saturated heterocycles. The van der Waals surface area contributed by atoms with Crippen LogP contribution in [0.15, 0.2) is 42.7 Å². The van der Waals surface area contributed by atoms with Gasteiger partial charge in [-0.1, -0.05) is 12.1 Å². The van der Waals surface area contributed by atoms with Gasteiger partial charge in [-0.3, -0.25) is 4.79 Å². The maximum Gasteiger partial charge on any atom is 0.410 e. The van der Waals surface area contributed by atoms with Crippen molar-refractivity contribution in [3.8, 4) is 11.5 Å². The van der Waals surface area contributed by atoms with Crippen molar-refractivity contribution in [2.75, 3.05) is 25.1 Å². The lowest BCUT2D eigenvalue weighted by Crippen LogP contribution is -2.36. The molecular formula is C23H25FN6O3. The first-order valence-corrected chi connectivity index (χ1v) is 10.7. The number of amides is 2. The number of rotatable bonds is 6. The molecule has 9 nitrogen and oxygen atoms in total. The second-order valence-corrected chi connectivity index (χ2v) is 7.98. The summed E-state index contributed by atoms with van der Waals surface area (Å²) in [7, 11) is 0. The van der Waals surface area contributed by atoms with Crippen molar-refractivity contribution in [1.82, 2.24) is 24.6 Å². The first-order chi connectivity index (χ1) is 16.0. The molecule has 1 aliphatic rings. The van der Waals surface area contributed by atoms with Gasteiger partial charge in [0.25, 0.3) is 5.91 Å². The Balaban J connectivity index is 1.49. The van der Waals surface area contributed by atoms with Crippen LogP contribution in [0, 0.1) is 0 Å². The van der Waals surface area contributed by atoms with Crippen LogP contribution in [0.3, 0.4) is 0 Å². The molecule has 10 heteroatoms. The molecule has 0 unspecified atom stereocenters. The number of carbonyl (C=O) groups is 2. The van der Waals surface area contributed by atoms with E-state index in [2.05, 4.69) is 20.5 Å². The van der Waals surface area contributed by atoms with Gasteiger partial charge in [0, 0.05) is 24.7 Å². The van der Waals surface area contributed by atoms with Gasteiger partial charge < -0.3 is 19.5 Å². The normalized spacial score (nSPS) is 13.0. The van der Waals surface area contributed by atoms with Gasteiger partial charge in [0.1, 0.15) is 31.1 Å². The fourth-order valence-electron chi connectivity index (χ4n) is 3.69. The molecule has 33 heavy (non-hydrogen) atoms. The van der Waals surface area contributed by atoms with Gasteiger partial charge >= 0.3 is 6.09 Å². The van der Waals surface area contributed by atoms with Crippen LogP contribution in [-0.4, -0.2) is 56.5 Å². The summed E-state index contributed by atoms with van der Waals surface area (Å²) in [4.78, 5) is 31.0. The highest BCUT2D eigenvalue weighted by Gasteiger charge is 2.23. The molecule has 2 aromatic heterocycles. The number of ether oxygens (including phenoxy) is 1. The summed E-state index contributed by atoms with van der Waals surface area (Å²) in [5.74, 6) is 0.699. The molecule has 0 fully saturated rings. The summed E-state index contributed by atoms with van der Waals surface area (Å²) in [6.07, 6.45) is 1.74. The average Bonchev–Trinajstić information content (AvgIpc) is 3.32. The maximum absolute atomic E-state index is 12.9. The zero-order valence-corrected chi connectivity index (χ0v) is 18.5. The predicted octanol–water partition coefficient (Wildman–Crippen LogP) is 3.64. The molecule has 0 atom stereocenters. The third-order valence-electron chi connectivity index (χ3n) is 5.39. The molecule has 0 saturated carbocycles. The van der Waals surface area contributed by atoms with Crippen molar-refractivity contribution >= 4 is 17.8 Å². The number of pyridine rings is 1. The van der Waals surface area contributed by atoms with E-state index in [0.29, 0.717) is 42.4 Å². The zero-order chi connectivity index (χ0) is 23.4. The molecule has 0 aliphatic carbocycles. The summed E-state index contributed by atoms with van der Waals surface area (Å²) in [5.41, 5.74) is 2.98. The predicted molar refractivity (Wildman–Crippen MR) is 119 cm³/mol. The van der Waals surface area contributed by atoms with E-state index >= 15 is 0 Å². The number of carbonyl (C=O) groups excluding carboxylic acids is 2. The third-order valence-corrected chi connectivity index (χ3v) is 5.39. The molecule has 3 heterocycles. The van der Waals surface area contributed by atoms with Crippen molar-refractivity contribution in [3.05, 3.63) is 59.4 Å². The number of anilines is 1. The Hall–Kier alpha value is -3.82. The van der Waals surface area contributed by atoms with E-state index in [1.807, 2.05) is 30.5 Å². The van der Waals surface area contributed by atoms with Crippen molar-refractivity contribution in [3.63, 3.8) is 0 Å². The average molecular weight is 452 g/mol. The van der Waals surface area contributed by atoms with E-state index in [1.54, 1.807) is 30.6 Å². The highest BCUT2D eigenvalue weighted by molar-refractivity contribution is 6.04. The number of hydrogen-bond acceptors (Lipinski definition) is 6. The number of hydrogen-bond donors (Lipinski definition) is 1. The Morgan fingerprint density at radius 1 is 1.21 bits per heavy atom. The molecule has 1 aromatic carbocycles. The van der Waals surface area contributed by atoms with Crippen molar-refractivity contribution in [1.29, 1.82) is 0 Å². The van der Waals surface area contributed by atoms with Crippen molar-refractivity contribution in [2.45, 2.75) is 32.9 Å². The lowest BCUT2D eigenvalue weighted by atomic mass is 9.97. The van der Waals surface area contributed by atoms with Gasteiger partial charge in [-0.25, -0.2) is 14.2 Å². The fraction of sp³-hybridized carbons (Fsp3) is 0.348. The van der Waals surface area contributed by atoms with Crippen LogP contribution in [0.5, 0.6) is 0 Å². The minimum atomic E-state index is -0.717. The number of benzene rings is 1. The first-order valence-electron chi connectivity index (χ1n) is 10.7. The quantitative estimate of drug-likeness (QED) is 0.613. The number of alkyl halides is 1. The van der Waals surface area contributed by atoms with E-state index in [9.17, 15) is 14.0 Å². The van der Waals surface area contributed by atoms with Gasteiger partial charge in [-0.2, -0.15) is 0 Å². The first kappa shape index (κ1) is 22.4. The zero-order valence-electron chi connectivity index (χ0n) is 18.5. The van der Waals surface area contributed by atoms with Gasteiger partial charge in [0.2, 0.25) is 0 Å². The number of fused-ring (bicyclic) bond motifs is 1. The Kier molecular flexibility index (Phi) is 6.62. The summed E-state index contributed by atoms with van der Waals surface area (Å²) in [5, 5.41) is 10.9. The number of halogens is 1. The monoisotopic (exact) mass is 452 g/mol. The molecule has 2 amide bonds. The Morgan fingerprint density at radius 3 is 2.85 bits per heavy atom. The van der Waals surface area contributed by atoms with Gasteiger partial charge in [-0.05, 0) is 55.7 Å². The molecule has 1 N–H and O–H groups in total. The van der Waals surface area contributed by atoms with Crippen LogP contribution in [0.4, 0.5) is 15.0 Å². The third kappa shape index (κ3) is 5.00. The van der Waals surface area contributed by atoms with Crippen LogP contribution >= 0.6 is 0 Å². The summed E-state index contributed by atoms with van der Waals surface area (Å²) >= 11 is 0. The smallest absolute Gasteiger partial charge is 0.410 e. The highest BCUT2D eigenvalue weighted by atomic mass is 19.1. The molecule has 0 spiro atoms. The summed E-state index contributed by atoms with van der Waals surface area (Å²) in [6, 6.07) is 10.9. The lowest BCUT2D eigenvalue weighted by Gasteiger charge is -2.28. The van der Waals surface area contributed by atoms with Gasteiger partial charge in [0.05, 0.1) is 0 Å². The van der Waals surface area contributed by atoms with Crippen LogP contribution in [-0.2, 0) is 17.7 Å². The van der Waals surface area contributed by atoms with Crippen LogP contribution in [0.2, 0.25) is 0 Å². The molecule has 3 aromatic rings. The van der Waals surface area contributed by atoms with E-state index in [1.165, 1.54) is 4.90 Å². The number of nitrogens with zero attached hydrogens (tertiary/aromatic N) is 5. The highest BCUT2D eigenvalue weighted by Crippen LogP contribution is 2.23. The van der Waals surface area contributed by atoms with Gasteiger partial charge in [0.15, 0.2) is 5.82 Å². The van der Waals surface area contributed by atoms with Crippen LogP contribution < -0.4 is 5.32 Å². The molecule has 172 valence electrons. The summed E-state index contributed by atoms with van der Waals surface area (Å²) < 4.78 is 19.1. The number of aromatic nitrogens is 4. The van der Waals surface area contributed by atoms with Crippen LogP contribution in [0.25, 0.3) is 11.5 Å². The van der Waals surface area contributed by atoms with Gasteiger partial charge in [-0.15, -0.1) is 10.2 Å². The molecule has 0 bridgehead atoms. The molecule has 1 aliphatic heterocycles. The molecular weight excluding hydrogens is 427 g/mol. The van der Waals surface area contributed by atoms with Crippen molar-refractivity contribution < 1.29 is 18.7 Å². The SMILES string of the molecule is CC(C)n1cnnc1-c1cccc(NC(=O)c2ccc3c(c2)CN(C(=O)OCCF)CC3)n1. The second kappa shape index (κ2) is 9.76. The Bertz CT molecular complexity index is 1160. The maximum atomic E-state index is 12.9. The van der Waals surface area contributed by atoms with E-state index in [-0.39, 0.29) is 18.6 Å². The Morgan fingerprint density at radius 2 is 2.06 bits per heavy atom. The van der Waals surface area contributed by atoms with E-state index in [4.69, 9.17) is 4.74 Å². The van der Waals surface area contributed by atoms with E-state index in [0.717, 1.165) is 11.1 Å². The fourth-order valence-corrected chi connectivity index (χ4v) is 3.69. The number of nitrogens with one attached hydrogen (secondary N) is 1. The topological polar surface area (TPSA) is 102 Å². The minimum absolute atomic E-state index is 0.166. The van der Waals surface area contributed by atoms with E-state index < -0.39 is 12.8 Å². The second-order valence-electron chi connectivity index (χ2n) is 7.98. The Labute approximate surface area is 190 Å². The van der Waals surface area contributed by atoms with Crippen molar-refractivity contribution in [2.24, 2.45) is 0 Å². The lowest BCUT2D eigenvalue weighted by molar-refractivity contribution is 0.0921. The largest absolute Gasteiger partial charge is 0.447 e. The molecule has 4 rings (SSSR count). The molecule has 0 radical (unpaired) electrons.